The molecule has 0 aliphatic heterocycles. The number of pyridine rings is 1. The van der Waals surface area contributed by atoms with E-state index in [0.29, 0.717) is 11.7 Å². The van der Waals surface area contributed by atoms with E-state index in [2.05, 4.69) is 183 Å². The minimum absolute atomic E-state index is 0.173. The molecule has 9 nitrogen and oxygen atoms in total. The highest BCUT2D eigenvalue weighted by atomic mass is 15.0. The topological polar surface area (TPSA) is 116 Å². The van der Waals surface area contributed by atoms with Crippen LogP contribution in [0.25, 0.3) is 99.4 Å². The average molecular weight is 1000 g/mol. The van der Waals surface area contributed by atoms with Crippen LogP contribution in [0.2, 0.25) is 0 Å². The van der Waals surface area contributed by atoms with Crippen molar-refractivity contribution in [3.8, 4) is 34.0 Å². The molecule has 0 bridgehead atoms. The molecule has 9 heteroatoms. The van der Waals surface area contributed by atoms with Crippen molar-refractivity contribution in [2.45, 2.75) is 13.8 Å². The summed E-state index contributed by atoms with van der Waals surface area (Å²) >= 11 is 0. The van der Waals surface area contributed by atoms with Crippen LogP contribution < -0.4 is 5.73 Å². The summed E-state index contributed by atoms with van der Waals surface area (Å²) in [5.74, 6) is 1.25. The monoisotopic (exact) mass is 999 g/mol. The first-order chi connectivity index (χ1) is 37.8. The van der Waals surface area contributed by atoms with E-state index in [1.165, 1.54) is 43.4 Å². The van der Waals surface area contributed by atoms with E-state index in [-0.39, 0.29) is 5.84 Å². The Hall–Kier alpha value is -10.3. The Morgan fingerprint density at radius 3 is 1.73 bits per heavy atom. The molecule has 0 saturated heterocycles. The second-order valence-electron chi connectivity index (χ2n) is 18.2. The molecule has 374 valence electrons. The van der Waals surface area contributed by atoms with Crippen molar-refractivity contribution >= 4 is 77.1 Å². The van der Waals surface area contributed by atoms with E-state index in [1.54, 1.807) is 12.2 Å². The lowest BCUT2D eigenvalue weighted by atomic mass is 10.1. The summed E-state index contributed by atoms with van der Waals surface area (Å²) in [6.07, 6.45) is 13.0. The summed E-state index contributed by atoms with van der Waals surface area (Å²) in [6.45, 7) is 10.7. The Morgan fingerprint density at radius 2 is 1.04 bits per heavy atom. The summed E-state index contributed by atoms with van der Waals surface area (Å²) in [7, 11) is 2.12. The maximum Gasteiger partial charge on any atom is 0.159 e. The van der Waals surface area contributed by atoms with Gasteiger partial charge in [0.15, 0.2) is 11.7 Å². The van der Waals surface area contributed by atoms with Crippen LogP contribution in [0.15, 0.2) is 267 Å². The van der Waals surface area contributed by atoms with Crippen LogP contribution >= 0.6 is 0 Å². The van der Waals surface area contributed by atoms with E-state index < -0.39 is 0 Å². The second kappa shape index (κ2) is 22.9. The molecule has 0 amide bonds. The van der Waals surface area contributed by atoms with E-state index in [1.807, 2.05) is 111 Å². The summed E-state index contributed by atoms with van der Waals surface area (Å²) in [4.78, 5) is 18.4. The zero-order chi connectivity index (χ0) is 53.3. The van der Waals surface area contributed by atoms with Gasteiger partial charge in [-0.2, -0.15) is 0 Å². The third-order valence-electron chi connectivity index (χ3n) is 13.3. The van der Waals surface area contributed by atoms with Gasteiger partial charge in [0.1, 0.15) is 5.84 Å². The van der Waals surface area contributed by atoms with E-state index >= 15 is 0 Å². The third kappa shape index (κ3) is 10.2. The number of amidine groups is 2. The number of para-hydroxylation sites is 3. The van der Waals surface area contributed by atoms with Gasteiger partial charge in [-0.25, -0.2) is 15.0 Å². The Bertz CT molecular complexity index is 4310. The number of nitrogens with two attached hydrogens (primary N) is 1. The molecule has 0 aliphatic rings. The molecule has 3 N–H and O–H groups in total. The van der Waals surface area contributed by atoms with Gasteiger partial charge in [-0.1, -0.05) is 152 Å². The predicted molar refractivity (Wildman–Crippen MR) is 325 cm³/mol. The SMILES string of the molecule is C=C/C=C\C.C=CC.Cn1c2ccccc2c2cc(-c3nccc(-c4ccc5c(c4)c4ccccc4n5-c4ccc5c(c4)c4ccncc4n5-c4ccccc4)n3)ccc21.N=C(N=C(N)c1ccccc1)c1ccccc1. The first-order valence-electron chi connectivity index (χ1n) is 25.4. The summed E-state index contributed by atoms with van der Waals surface area (Å²) in [6, 6.07) is 70.6. The standard InChI is InChI=1S/C46H30N6.C14H13N3.C5H8.C3H6/c1-50-40-13-7-5-11-33(40)36-26-30(16-18-41(36)50)46-48-24-22-39(49-46)29-15-19-43-37(25-29)34-12-6-8-14-42(34)52(43)32-17-20-44-38(27-32)35-21-23-47-28-45(35)51(44)31-9-3-2-4-10-31;15-13(11-7-3-1-4-8-11)17-14(16)12-9-5-2-6-10-12;1-3-5-4-2;1-3-2/h2-28H,1H3;1-10H,(H3,15,16,17);3-5H,1H2,2H3;3H,1H2,2H3/b;;5-4-;. The van der Waals surface area contributed by atoms with Gasteiger partial charge in [-0.3, -0.25) is 10.4 Å². The Kier molecular flexibility index (Phi) is 14.9. The van der Waals surface area contributed by atoms with Crippen molar-refractivity contribution in [3.63, 3.8) is 0 Å². The number of nitrogens with zero attached hydrogens (tertiary/aromatic N) is 7. The van der Waals surface area contributed by atoms with Crippen molar-refractivity contribution in [3.05, 3.63) is 273 Å². The molecule has 0 atom stereocenters. The number of rotatable bonds is 7. The number of aromatic nitrogens is 6. The maximum atomic E-state index is 7.84. The van der Waals surface area contributed by atoms with Crippen LogP contribution in [0.4, 0.5) is 0 Å². The fourth-order valence-corrected chi connectivity index (χ4v) is 9.82. The van der Waals surface area contributed by atoms with Crippen molar-refractivity contribution < 1.29 is 0 Å². The lowest BCUT2D eigenvalue weighted by Crippen LogP contribution is -2.15. The van der Waals surface area contributed by atoms with Gasteiger partial charge in [0.25, 0.3) is 0 Å². The van der Waals surface area contributed by atoms with Gasteiger partial charge >= 0.3 is 0 Å². The first-order valence-corrected chi connectivity index (χ1v) is 25.4. The molecule has 0 unspecified atom stereocenters. The Labute approximate surface area is 448 Å². The smallest absolute Gasteiger partial charge is 0.159 e. The number of benzene rings is 8. The highest BCUT2D eigenvalue weighted by molar-refractivity contribution is 6.13. The Morgan fingerprint density at radius 1 is 0.519 bits per heavy atom. The number of hydrogen-bond acceptors (Lipinski definition) is 4. The summed E-state index contributed by atoms with van der Waals surface area (Å²) in [5, 5.41) is 15.0. The van der Waals surface area contributed by atoms with Gasteiger partial charge in [-0.05, 0) is 98.8 Å². The minimum atomic E-state index is 0.173. The van der Waals surface area contributed by atoms with Crippen LogP contribution in [0.5, 0.6) is 0 Å². The number of aliphatic imine (C=N–C) groups is 1. The highest BCUT2D eigenvalue weighted by Gasteiger charge is 2.18. The van der Waals surface area contributed by atoms with Crippen LogP contribution in [-0.2, 0) is 7.05 Å². The maximum absolute atomic E-state index is 7.84. The zero-order valence-corrected chi connectivity index (χ0v) is 43.3. The Balaban J connectivity index is 0.000000224. The molecular formula is C68H57N9. The summed E-state index contributed by atoms with van der Waals surface area (Å²) in [5.41, 5.74) is 19.6. The zero-order valence-electron chi connectivity index (χ0n) is 43.3. The molecule has 0 radical (unpaired) electrons. The molecule has 5 heterocycles. The lowest BCUT2D eigenvalue weighted by molar-refractivity contribution is 1.01. The molecule has 13 aromatic rings. The average Bonchev–Trinajstić information content (AvgIpc) is 4.12. The molecule has 0 fully saturated rings. The molecular weight excluding hydrogens is 943 g/mol. The second-order valence-corrected chi connectivity index (χ2v) is 18.2. The summed E-state index contributed by atoms with van der Waals surface area (Å²) < 4.78 is 6.93. The molecule has 8 aromatic carbocycles. The molecule has 0 spiro atoms. The van der Waals surface area contributed by atoms with Crippen LogP contribution in [-0.4, -0.2) is 40.3 Å². The van der Waals surface area contributed by atoms with Gasteiger partial charge in [0, 0.05) is 96.4 Å². The minimum Gasteiger partial charge on any atom is -0.383 e. The van der Waals surface area contributed by atoms with Crippen molar-refractivity contribution in [2.24, 2.45) is 17.8 Å². The number of allylic oxidation sites excluding steroid dienone is 4. The van der Waals surface area contributed by atoms with Gasteiger partial charge in [0.05, 0.1) is 34.0 Å². The van der Waals surface area contributed by atoms with Gasteiger partial charge in [-0.15, -0.1) is 6.58 Å². The molecule has 13 rings (SSSR count). The van der Waals surface area contributed by atoms with Crippen molar-refractivity contribution in [1.29, 1.82) is 5.41 Å². The quantitative estimate of drug-likeness (QED) is 0.0716. The normalized spacial score (nSPS) is 11.3. The lowest BCUT2D eigenvalue weighted by Gasteiger charge is -2.10. The van der Waals surface area contributed by atoms with E-state index in [0.717, 1.165) is 61.4 Å². The largest absolute Gasteiger partial charge is 0.383 e. The van der Waals surface area contributed by atoms with Gasteiger partial charge < -0.3 is 19.4 Å². The molecule has 0 aliphatic carbocycles. The number of nitrogens with one attached hydrogen (secondary N) is 1. The van der Waals surface area contributed by atoms with Crippen LogP contribution in [0.1, 0.15) is 25.0 Å². The van der Waals surface area contributed by atoms with Crippen molar-refractivity contribution in [1.82, 2.24) is 28.7 Å². The van der Waals surface area contributed by atoms with Crippen LogP contribution in [0.3, 0.4) is 0 Å². The third-order valence-corrected chi connectivity index (χ3v) is 13.3. The number of fused-ring (bicyclic) bond motifs is 9. The van der Waals surface area contributed by atoms with Gasteiger partial charge in [0.2, 0.25) is 0 Å². The van der Waals surface area contributed by atoms with E-state index in [4.69, 9.17) is 21.1 Å². The molecule has 0 saturated carbocycles. The highest BCUT2D eigenvalue weighted by Crippen LogP contribution is 2.38. The fourth-order valence-electron chi connectivity index (χ4n) is 9.82. The fraction of sp³-hybridized carbons (Fsp3) is 0.0441. The molecule has 5 aromatic heterocycles. The molecule has 77 heavy (non-hydrogen) atoms. The van der Waals surface area contributed by atoms with Crippen molar-refractivity contribution in [2.75, 3.05) is 0 Å². The predicted octanol–water partition coefficient (Wildman–Crippen LogP) is 16.4. The number of aryl methyl sites for hydroxylation is 1. The first kappa shape index (κ1) is 50.3. The number of hydrogen-bond donors (Lipinski definition) is 2. The van der Waals surface area contributed by atoms with E-state index in [9.17, 15) is 0 Å². The van der Waals surface area contributed by atoms with Crippen LogP contribution in [0, 0.1) is 5.41 Å².